The van der Waals surface area contributed by atoms with Crippen LogP contribution in [0.25, 0.3) is 0 Å². The maximum absolute atomic E-state index is 11.9. The van der Waals surface area contributed by atoms with Crippen LogP contribution in [0, 0.1) is 0 Å². The summed E-state index contributed by atoms with van der Waals surface area (Å²) in [5.41, 5.74) is 0.371. The van der Waals surface area contributed by atoms with Gasteiger partial charge in [-0.05, 0) is 32.4 Å². The van der Waals surface area contributed by atoms with Gasteiger partial charge in [0.2, 0.25) is 0 Å². The summed E-state index contributed by atoms with van der Waals surface area (Å²) in [6, 6.07) is 4.93. The molecule has 0 fully saturated rings. The molecule has 2 amide bonds. The van der Waals surface area contributed by atoms with Crippen LogP contribution in [0.3, 0.4) is 0 Å². The van der Waals surface area contributed by atoms with Crippen molar-refractivity contribution < 1.29 is 23.8 Å². The van der Waals surface area contributed by atoms with E-state index in [1.165, 1.54) is 14.2 Å². The topological polar surface area (TPSA) is 85.9 Å². The summed E-state index contributed by atoms with van der Waals surface area (Å²) in [5, 5.41) is 5.05. The summed E-state index contributed by atoms with van der Waals surface area (Å²) >= 11 is 0. The van der Waals surface area contributed by atoms with Crippen molar-refractivity contribution in [3.63, 3.8) is 0 Å². The van der Waals surface area contributed by atoms with Crippen LogP contribution in [0.4, 0.5) is 5.69 Å². The molecule has 0 spiro atoms. The molecule has 0 saturated heterocycles. The fourth-order valence-electron chi connectivity index (χ4n) is 1.76. The van der Waals surface area contributed by atoms with Gasteiger partial charge in [0, 0.05) is 19.2 Å². The van der Waals surface area contributed by atoms with E-state index < -0.39 is 11.8 Å². The molecule has 2 N–H and O–H groups in total. The summed E-state index contributed by atoms with van der Waals surface area (Å²) in [6.07, 6.45) is 0.786. The standard InChI is InChI=1S/C16H24N2O5/c1-11(2)23-9-5-8-17-15(19)16(20)18-13-10-12(21-3)6-7-14(13)22-4/h6-7,10-11H,5,8-9H2,1-4H3,(H,17,19)(H,18,20). The molecule has 0 saturated carbocycles. The molecular weight excluding hydrogens is 300 g/mol. The number of hydrogen-bond acceptors (Lipinski definition) is 5. The molecule has 0 aliphatic carbocycles. The lowest BCUT2D eigenvalue weighted by Gasteiger charge is -2.12. The van der Waals surface area contributed by atoms with Gasteiger partial charge in [-0.25, -0.2) is 0 Å². The van der Waals surface area contributed by atoms with E-state index in [1.807, 2.05) is 13.8 Å². The Kier molecular flexibility index (Phi) is 7.90. The summed E-state index contributed by atoms with van der Waals surface area (Å²) in [5.74, 6) is -0.481. The maximum Gasteiger partial charge on any atom is 0.313 e. The number of amides is 2. The van der Waals surface area contributed by atoms with E-state index in [-0.39, 0.29) is 6.10 Å². The Hall–Kier alpha value is -2.28. The van der Waals surface area contributed by atoms with E-state index in [4.69, 9.17) is 14.2 Å². The van der Waals surface area contributed by atoms with E-state index in [1.54, 1.807) is 18.2 Å². The third-order valence-corrected chi connectivity index (χ3v) is 2.92. The fraction of sp³-hybridized carbons (Fsp3) is 0.500. The lowest BCUT2D eigenvalue weighted by Crippen LogP contribution is -2.36. The zero-order chi connectivity index (χ0) is 17.2. The SMILES string of the molecule is COc1ccc(OC)c(NC(=O)C(=O)NCCCOC(C)C)c1. The van der Waals surface area contributed by atoms with Crippen molar-refractivity contribution >= 4 is 17.5 Å². The van der Waals surface area contributed by atoms with E-state index in [0.717, 1.165) is 0 Å². The molecule has 0 unspecified atom stereocenters. The van der Waals surface area contributed by atoms with Gasteiger partial charge in [-0.2, -0.15) is 0 Å². The molecule has 1 rings (SSSR count). The first kappa shape index (κ1) is 18.8. The normalized spacial score (nSPS) is 10.3. The highest BCUT2D eigenvalue weighted by Gasteiger charge is 2.16. The molecule has 0 radical (unpaired) electrons. The van der Waals surface area contributed by atoms with Crippen molar-refractivity contribution in [3.8, 4) is 11.5 Å². The predicted octanol–water partition coefficient (Wildman–Crippen LogP) is 1.57. The third kappa shape index (κ3) is 6.56. The first-order valence-electron chi connectivity index (χ1n) is 7.40. The Labute approximate surface area is 136 Å². The van der Waals surface area contributed by atoms with Gasteiger partial charge in [0.25, 0.3) is 0 Å². The molecule has 128 valence electrons. The number of nitrogens with one attached hydrogen (secondary N) is 2. The number of methoxy groups -OCH3 is 2. The molecule has 0 bridgehead atoms. The van der Waals surface area contributed by atoms with Crippen LogP contribution in [0.5, 0.6) is 11.5 Å². The Morgan fingerprint density at radius 3 is 2.48 bits per heavy atom. The molecule has 0 aliphatic heterocycles. The summed E-state index contributed by atoms with van der Waals surface area (Å²) in [7, 11) is 2.99. The lowest BCUT2D eigenvalue weighted by atomic mass is 10.2. The maximum atomic E-state index is 11.9. The zero-order valence-corrected chi connectivity index (χ0v) is 14.0. The average Bonchev–Trinajstić information content (AvgIpc) is 2.53. The Morgan fingerprint density at radius 2 is 1.87 bits per heavy atom. The molecule has 23 heavy (non-hydrogen) atoms. The molecular formula is C16H24N2O5. The largest absolute Gasteiger partial charge is 0.497 e. The number of hydrogen-bond donors (Lipinski definition) is 2. The van der Waals surface area contributed by atoms with Gasteiger partial charge in [-0.3, -0.25) is 9.59 Å². The highest BCUT2D eigenvalue weighted by atomic mass is 16.5. The molecule has 0 aliphatic rings. The highest BCUT2D eigenvalue weighted by molar-refractivity contribution is 6.39. The number of benzene rings is 1. The minimum absolute atomic E-state index is 0.148. The van der Waals surface area contributed by atoms with Gasteiger partial charge in [-0.15, -0.1) is 0 Å². The van der Waals surface area contributed by atoms with Crippen molar-refractivity contribution in [3.05, 3.63) is 18.2 Å². The molecule has 1 aromatic carbocycles. The summed E-state index contributed by atoms with van der Waals surface area (Å²) in [6.45, 7) is 4.78. The van der Waals surface area contributed by atoms with E-state index >= 15 is 0 Å². The molecule has 0 aromatic heterocycles. The van der Waals surface area contributed by atoms with Crippen LogP contribution >= 0.6 is 0 Å². The average molecular weight is 324 g/mol. The number of carbonyl (C=O) groups excluding carboxylic acids is 2. The Balaban J connectivity index is 2.50. The smallest absolute Gasteiger partial charge is 0.313 e. The molecule has 1 aromatic rings. The minimum Gasteiger partial charge on any atom is -0.497 e. The summed E-state index contributed by atoms with van der Waals surface area (Å²) in [4.78, 5) is 23.7. The van der Waals surface area contributed by atoms with Gasteiger partial charge >= 0.3 is 11.8 Å². The second-order valence-electron chi connectivity index (χ2n) is 5.05. The van der Waals surface area contributed by atoms with Crippen molar-refractivity contribution in [2.45, 2.75) is 26.4 Å². The molecule has 0 atom stereocenters. The van der Waals surface area contributed by atoms with Gasteiger partial charge < -0.3 is 24.8 Å². The van der Waals surface area contributed by atoms with Gasteiger partial charge in [0.1, 0.15) is 11.5 Å². The quantitative estimate of drug-likeness (QED) is 0.560. The number of anilines is 1. The molecule has 0 heterocycles. The van der Waals surface area contributed by atoms with E-state index in [9.17, 15) is 9.59 Å². The van der Waals surface area contributed by atoms with Crippen LogP contribution in [0.2, 0.25) is 0 Å². The third-order valence-electron chi connectivity index (χ3n) is 2.92. The van der Waals surface area contributed by atoms with Crippen molar-refractivity contribution in [2.75, 3.05) is 32.7 Å². The van der Waals surface area contributed by atoms with Crippen LogP contribution < -0.4 is 20.1 Å². The second-order valence-corrected chi connectivity index (χ2v) is 5.05. The number of carbonyl (C=O) groups is 2. The van der Waals surface area contributed by atoms with Crippen molar-refractivity contribution in [1.82, 2.24) is 5.32 Å². The Bertz CT molecular complexity index is 531. The summed E-state index contributed by atoms with van der Waals surface area (Å²) < 4.78 is 15.6. The van der Waals surface area contributed by atoms with Crippen LogP contribution in [-0.4, -0.2) is 45.3 Å². The van der Waals surface area contributed by atoms with Gasteiger partial charge in [-0.1, -0.05) is 0 Å². The van der Waals surface area contributed by atoms with Crippen LogP contribution in [0.1, 0.15) is 20.3 Å². The first-order valence-corrected chi connectivity index (χ1v) is 7.40. The van der Waals surface area contributed by atoms with E-state index in [2.05, 4.69) is 10.6 Å². The fourth-order valence-corrected chi connectivity index (χ4v) is 1.76. The van der Waals surface area contributed by atoms with Crippen LogP contribution in [-0.2, 0) is 14.3 Å². The monoisotopic (exact) mass is 324 g/mol. The van der Waals surface area contributed by atoms with Gasteiger partial charge in [0.05, 0.1) is 26.0 Å². The van der Waals surface area contributed by atoms with Crippen molar-refractivity contribution in [2.24, 2.45) is 0 Å². The lowest BCUT2D eigenvalue weighted by molar-refractivity contribution is -0.136. The zero-order valence-electron chi connectivity index (χ0n) is 14.0. The van der Waals surface area contributed by atoms with Crippen LogP contribution in [0.15, 0.2) is 18.2 Å². The molecule has 7 nitrogen and oxygen atoms in total. The number of rotatable bonds is 8. The highest BCUT2D eigenvalue weighted by Crippen LogP contribution is 2.28. The predicted molar refractivity (Wildman–Crippen MR) is 86.9 cm³/mol. The Morgan fingerprint density at radius 1 is 1.13 bits per heavy atom. The number of ether oxygens (including phenoxy) is 3. The minimum atomic E-state index is -0.763. The molecule has 7 heteroatoms. The van der Waals surface area contributed by atoms with E-state index in [0.29, 0.717) is 36.8 Å². The first-order chi connectivity index (χ1) is 11.0. The van der Waals surface area contributed by atoms with Gasteiger partial charge in [0.15, 0.2) is 0 Å². The second kappa shape index (κ2) is 9.68. The van der Waals surface area contributed by atoms with Crippen molar-refractivity contribution in [1.29, 1.82) is 0 Å².